The lowest BCUT2D eigenvalue weighted by atomic mass is 9.80. The molecule has 0 bridgehead atoms. The fraction of sp³-hybridized carbons (Fsp3) is 0.381. The van der Waals surface area contributed by atoms with E-state index >= 15 is 0 Å². The normalized spacial score (nSPS) is 15.0. The summed E-state index contributed by atoms with van der Waals surface area (Å²) in [5, 5.41) is 9.23. The van der Waals surface area contributed by atoms with E-state index in [-0.39, 0.29) is 16.7 Å². The predicted molar refractivity (Wildman–Crippen MR) is 102 cm³/mol. The van der Waals surface area contributed by atoms with Gasteiger partial charge in [-0.1, -0.05) is 49.4 Å². The number of rotatable bonds is 8. The van der Waals surface area contributed by atoms with Crippen molar-refractivity contribution in [3.8, 4) is 6.07 Å². The Balaban J connectivity index is 2.29. The summed E-state index contributed by atoms with van der Waals surface area (Å²) in [6.45, 7) is 4.06. The first-order valence-corrected chi connectivity index (χ1v) is 10.3. The van der Waals surface area contributed by atoms with Gasteiger partial charge in [0.05, 0.1) is 11.0 Å². The van der Waals surface area contributed by atoms with Crippen LogP contribution in [0.15, 0.2) is 59.5 Å². The molecule has 2 aromatic rings. The first-order valence-electron chi connectivity index (χ1n) is 8.87. The van der Waals surface area contributed by atoms with Gasteiger partial charge in [-0.2, -0.15) is 13.7 Å². The molecule has 0 heterocycles. The van der Waals surface area contributed by atoms with Gasteiger partial charge in [0.2, 0.25) is 0 Å². The van der Waals surface area contributed by atoms with Crippen molar-refractivity contribution in [2.24, 2.45) is 5.92 Å². The molecule has 26 heavy (non-hydrogen) atoms. The van der Waals surface area contributed by atoms with Crippen molar-refractivity contribution in [1.82, 2.24) is 0 Å². The monoisotopic (exact) mass is 371 g/mol. The van der Waals surface area contributed by atoms with E-state index < -0.39 is 10.1 Å². The highest BCUT2D eigenvalue weighted by Gasteiger charge is 2.21. The van der Waals surface area contributed by atoms with Crippen LogP contribution in [0.1, 0.15) is 56.1 Å². The molecule has 0 aliphatic heterocycles. The third kappa shape index (κ3) is 5.42. The summed E-state index contributed by atoms with van der Waals surface area (Å²) in [5.74, 6) is 0.424. The molecular weight excluding hydrogens is 346 g/mol. The first-order chi connectivity index (χ1) is 12.3. The van der Waals surface area contributed by atoms with Crippen LogP contribution in [0, 0.1) is 17.2 Å². The van der Waals surface area contributed by atoms with E-state index in [0.717, 1.165) is 18.4 Å². The standard InChI is InChI=1S/C21H25NO3S/c1-3-17(18-7-5-4-6-8-18)14-20(13-16(2)15-22)19-9-11-21(12-10-19)26(23,24)25/h4-12,16-17,20H,3,13-14H2,1-2H3,(H,23,24,25). The zero-order chi connectivity index (χ0) is 19.2. The SMILES string of the molecule is CCC(CC(CC(C)C#N)c1ccc(S(=O)(=O)O)cc1)c1ccccc1. The Hall–Kier alpha value is -2.16. The van der Waals surface area contributed by atoms with Crippen LogP contribution < -0.4 is 0 Å². The fourth-order valence-corrected chi connectivity index (χ4v) is 3.85. The fourth-order valence-electron chi connectivity index (χ4n) is 3.37. The molecule has 0 saturated carbocycles. The molecule has 0 spiro atoms. The van der Waals surface area contributed by atoms with Gasteiger partial charge in [-0.25, -0.2) is 0 Å². The van der Waals surface area contributed by atoms with Crippen molar-refractivity contribution in [1.29, 1.82) is 5.26 Å². The Bertz CT molecular complexity index is 839. The van der Waals surface area contributed by atoms with Gasteiger partial charge < -0.3 is 0 Å². The van der Waals surface area contributed by atoms with Crippen molar-refractivity contribution < 1.29 is 13.0 Å². The lowest BCUT2D eigenvalue weighted by Gasteiger charge is -2.24. The molecule has 0 fully saturated rings. The maximum atomic E-state index is 11.3. The zero-order valence-electron chi connectivity index (χ0n) is 15.2. The van der Waals surface area contributed by atoms with Crippen LogP contribution in [0.5, 0.6) is 0 Å². The van der Waals surface area contributed by atoms with E-state index in [4.69, 9.17) is 4.55 Å². The van der Waals surface area contributed by atoms with Crippen molar-refractivity contribution >= 4 is 10.1 Å². The topological polar surface area (TPSA) is 78.2 Å². The van der Waals surface area contributed by atoms with Crippen LogP contribution in [0.4, 0.5) is 0 Å². The lowest BCUT2D eigenvalue weighted by Crippen LogP contribution is -2.10. The van der Waals surface area contributed by atoms with Crippen molar-refractivity contribution in [3.63, 3.8) is 0 Å². The minimum absolute atomic E-state index is 0.0884. The van der Waals surface area contributed by atoms with Gasteiger partial charge >= 0.3 is 0 Å². The molecule has 3 atom stereocenters. The van der Waals surface area contributed by atoms with Crippen LogP contribution in [0.3, 0.4) is 0 Å². The van der Waals surface area contributed by atoms with Gasteiger partial charge in [0.15, 0.2) is 0 Å². The van der Waals surface area contributed by atoms with E-state index in [9.17, 15) is 13.7 Å². The van der Waals surface area contributed by atoms with Gasteiger partial charge in [-0.05, 0) is 61.3 Å². The van der Waals surface area contributed by atoms with Crippen LogP contribution in [-0.4, -0.2) is 13.0 Å². The molecule has 0 aromatic heterocycles. The van der Waals surface area contributed by atoms with E-state index in [1.807, 2.05) is 25.1 Å². The summed E-state index contributed by atoms with van der Waals surface area (Å²) < 4.78 is 31.7. The van der Waals surface area contributed by atoms with Gasteiger partial charge in [0.1, 0.15) is 0 Å². The Labute approximate surface area is 156 Å². The molecule has 0 aliphatic rings. The summed E-state index contributed by atoms with van der Waals surface area (Å²) in [4.78, 5) is -0.108. The Morgan fingerprint density at radius 2 is 1.54 bits per heavy atom. The molecule has 0 radical (unpaired) electrons. The maximum absolute atomic E-state index is 11.3. The summed E-state index contributed by atoms with van der Waals surface area (Å²) in [5.41, 5.74) is 2.27. The molecule has 3 unspecified atom stereocenters. The lowest BCUT2D eigenvalue weighted by molar-refractivity contribution is 0.459. The van der Waals surface area contributed by atoms with Gasteiger partial charge in [-0.3, -0.25) is 4.55 Å². The van der Waals surface area contributed by atoms with Crippen LogP contribution in [0.25, 0.3) is 0 Å². The molecule has 0 saturated heterocycles. The average molecular weight is 372 g/mol. The molecule has 1 N–H and O–H groups in total. The second-order valence-corrected chi connectivity index (χ2v) is 8.18. The van der Waals surface area contributed by atoms with Crippen molar-refractivity contribution in [2.45, 2.75) is 49.8 Å². The summed E-state index contributed by atoms with van der Waals surface area (Å²) in [6.07, 6.45) is 2.59. The highest BCUT2D eigenvalue weighted by Crippen LogP contribution is 2.36. The highest BCUT2D eigenvalue weighted by molar-refractivity contribution is 7.85. The summed E-state index contributed by atoms with van der Waals surface area (Å²) in [7, 11) is -4.20. The molecule has 2 rings (SSSR count). The number of nitriles is 1. The molecule has 2 aromatic carbocycles. The Morgan fingerprint density at radius 1 is 0.962 bits per heavy atom. The second-order valence-electron chi connectivity index (χ2n) is 6.76. The third-order valence-corrected chi connectivity index (χ3v) is 5.71. The van der Waals surface area contributed by atoms with Crippen LogP contribution in [-0.2, 0) is 10.1 Å². The number of benzene rings is 2. The largest absolute Gasteiger partial charge is 0.294 e. The van der Waals surface area contributed by atoms with Gasteiger partial charge in [0.25, 0.3) is 10.1 Å². The summed E-state index contributed by atoms with van der Waals surface area (Å²) >= 11 is 0. The number of hydrogen-bond acceptors (Lipinski definition) is 3. The summed E-state index contributed by atoms with van der Waals surface area (Å²) in [6, 6.07) is 19.0. The minimum Gasteiger partial charge on any atom is -0.282 e. The molecule has 4 nitrogen and oxygen atoms in total. The zero-order valence-corrected chi connectivity index (χ0v) is 16.0. The average Bonchev–Trinajstić information content (AvgIpc) is 2.65. The van der Waals surface area contributed by atoms with Crippen LogP contribution in [0.2, 0.25) is 0 Å². The molecule has 0 aliphatic carbocycles. The Morgan fingerprint density at radius 3 is 2.04 bits per heavy atom. The third-order valence-electron chi connectivity index (χ3n) is 4.84. The van der Waals surface area contributed by atoms with E-state index in [2.05, 4.69) is 25.1 Å². The maximum Gasteiger partial charge on any atom is 0.294 e. The van der Waals surface area contributed by atoms with Crippen molar-refractivity contribution in [2.75, 3.05) is 0 Å². The van der Waals surface area contributed by atoms with E-state index in [1.165, 1.54) is 17.7 Å². The minimum atomic E-state index is -4.20. The highest BCUT2D eigenvalue weighted by atomic mass is 32.2. The van der Waals surface area contributed by atoms with Crippen LogP contribution >= 0.6 is 0 Å². The van der Waals surface area contributed by atoms with E-state index in [0.29, 0.717) is 12.3 Å². The van der Waals surface area contributed by atoms with Gasteiger partial charge in [-0.15, -0.1) is 0 Å². The predicted octanol–water partition coefficient (Wildman–Crippen LogP) is 5.15. The smallest absolute Gasteiger partial charge is 0.282 e. The van der Waals surface area contributed by atoms with Crippen molar-refractivity contribution in [3.05, 3.63) is 65.7 Å². The quantitative estimate of drug-likeness (QED) is 0.651. The molecule has 0 amide bonds. The number of nitrogens with zero attached hydrogens (tertiary/aromatic N) is 1. The molecule has 5 heteroatoms. The first kappa shape index (κ1) is 20.2. The Kier molecular flexibility index (Phi) is 6.96. The molecule has 138 valence electrons. The van der Waals surface area contributed by atoms with Gasteiger partial charge in [0, 0.05) is 5.92 Å². The second kappa shape index (κ2) is 8.98. The molecular formula is C21H25NO3S. The number of hydrogen-bond donors (Lipinski definition) is 1. The van der Waals surface area contributed by atoms with E-state index in [1.54, 1.807) is 12.1 Å².